The van der Waals surface area contributed by atoms with Crippen molar-refractivity contribution >= 4 is 23.2 Å². The van der Waals surface area contributed by atoms with E-state index in [9.17, 15) is 0 Å². The Hall–Kier alpha value is -1.22. The molecule has 1 saturated heterocycles. The van der Waals surface area contributed by atoms with Gasteiger partial charge in [0.25, 0.3) is 0 Å². The third kappa shape index (κ3) is 2.55. The summed E-state index contributed by atoms with van der Waals surface area (Å²) in [7, 11) is 4.14. The van der Waals surface area contributed by atoms with Crippen molar-refractivity contribution < 1.29 is 0 Å². The molecule has 0 unspecified atom stereocenters. The molecule has 0 aromatic heterocycles. The molecule has 1 aliphatic heterocycles. The number of nitrogens with zero attached hydrogens (tertiary/aromatic N) is 3. The maximum Gasteiger partial charge on any atom is 0.201 e. The minimum absolute atomic E-state index is 0.824. The van der Waals surface area contributed by atoms with E-state index in [0.29, 0.717) is 0 Å². The zero-order valence-corrected chi connectivity index (χ0v) is 11.3. The first-order valence-electron chi connectivity index (χ1n) is 5.91. The normalized spacial score (nSPS) is 15.6. The van der Waals surface area contributed by atoms with Gasteiger partial charge in [0.1, 0.15) is 0 Å². The summed E-state index contributed by atoms with van der Waals surface area (Å²) in [5.74, 6) is 1.02. The third-order valence-electron chi connectivity index (χ3n) is 3.09. The molecule has 1 heterocycles. The average Bonchev–Trinajstić information content (AvgIpc) is 2.63. The van der Waals surface area contributed by atoms with Crippen LogP contribution in [0, 0.1) is 0 Å². The van der Waals surface area contributed by atoms with Crippen LogP contribution in [0.3, 0.4) is 0 Å². The highest BCUT2D eigenvalue weighted by molar-refractivity contribution is 6.31. The minimum Gasteiger partial charge on any atom is -0.344 e. The second kappa shape index (κ2) is 4.96. The molecule has 3 nitrogen and oxygen atoms in total. The monoisotopic (exact) mass is 251 g/mol. The Morgan fingerprint density at radius 3 is 2.47 bits per heavy atom. The third-order valence-corrected chi connectivity index (χ3v) is 3.46. The molecular weight excluding hydrogens is 234 g/mol. The number of likely N-dealkylation sites (N-methyl/N-ethyl adjacent to an activating group) is 2. The van der Waals surface area contributed by atoms with E-state index in [1.807, 2.05) is 12.1 Å². The molecule has 4 heteroatoms. The lowest BCUT2D eigenvalue weighted by Gasteiger charge is -2.15. The molecule has 2 rings (SSSR count). The van der Waals surface area contributed by atoms with Gasteiger partial charge in [-0.05, 0) is 30.2 Å². The van der Waals surface area contributed by atoms with Gasteiger partial charge >= 0.3 is 0 Å². The second-order valence-electron chi connectivity index (χ2n) is 4.38. The predicted octanol–water partition coefficient (Wildman–Crippen LogP) is 2.77. The van der Waals surface area contributed by atoms with Gasteiger partial charge in [0.15, 0.2) is 0 Å². The largest absolute Gasteiger partial charge is 0.344 e. The quantitative estimate of drug-likeness (QED) is 0.805. The van der Waals surface area contributed by atoms with Crippen molar-refractivity contribution in [2.75, 3.05) is 27.2 Å². The first-order valence-corrected chi connectivity index (χ1v) is 6.29. The van der Waals surface area contributed by atoms with Gasteiger partial charge in [-0.25, -0.2) is 4.99 Å². The Morgan fingerprint density at radius 1 is 1.24 bits per heavy atom. The number of hydrogen-bond acceptors (Lipinski definition) is 1. The van der Waals surface area contributed by atoms with Crippen LogP contribution in [0.4, 0.5) is 5.69 Å². The summed E-state index contributed by atoms with van der Waals surface area (Å²) in [6.07, 6.45) is 0.934. The van der Waals surface area contributed by atoms with Crippen molar-refractivity contribution in [3.8, 4) is 0 Å². The van der Waals surface area contributed by atoms with Crippen LogP contribution in [0.5, 0.6) is 0 Å². The van der Waals surface area contributed by atoms with Gasteiger partial charge in [0.05, 0.1) is 5.69 Å². The molecule has 1 aromatic carbocycles. The standard InChI is InChI=1S/C13H18ClN3/c1-4-10-9-11(5-6-12(10)14)15-13-16(2)7-8-17(13)3/h5-6,9H,4,7-8H2,1-3H3. The molecule has 0 saturated carbocycles. The van der Waals surface area contributed by atoms with E-state index >= 15 is 0 Å². The van der Waals surface area contributed by atoms with Crippen molar-refractivity contribution in [1.82, 2.24) is 9.80 Å². The van der Waals surface area contributed by atoms with Crippen molar-refractivity contribution in [1.29, 1.82) is 0 Å². The van der Waals surface area contributed by atoms with Gasteiger partial charge in [0, 0.05) is 32.2 Å². The Morgan fingerprint density at radius 2 is 1.88 bits per heavy atom. The minimum atomic E-state index is 0.824. The van der Waals surface area contributed by atoms with Gasteiger partial charge in [0.2, 0.25) is 5.96 Å². The van der Waals surface area contributed by atoms with Crippen LogP contribution >= 0.6 is 11.6 Å². The van der Waals surface area contributed by atoms with Gasteiger partial charge in [-0.2, -0.15) is 0 Å². The summed E-state index contributed by atoms with van der Waals surface area (Å²) in [5, 5.41) is 0.824. The van der Waals surface area contributed by atoms with Crippen LogP contribution in [0.25, 0.3) is 0 Å². The van der Waals surface area contributed by atoms with Crippen LogP contribution < -0.4 is 0 Å². The SMILES string of the molecule is CCc1cc(N=C2N(C)CCN2C)ccc1Cl. The van der Waals surface area contributed by atoms with Crippen LogP contribution in [-0.4, -0.2) is 42.9 Å². The molecule has 0 N–H and O–H groups in total. The number of hydrogen-bond donors (Lipinski definition) is 0. The van der Waals surface area contributed by atoms with Gasteiger partial charge < -0.3 is 9.80 Å². The molecular formula is C13H18ClN3. The molecule has 92 valence electrons. The summed E-state index contributed by atoms with van der Waals surface area (Å²) < 4.78 is 0. The molecule has 1 aromatic rings. The first-order chi connectivity index (χ1) is 8.11. The fourth-order valence-corrected chi connectivity index (χ4v) is 2.23. The number of halogens is 1. The smallest absolute Gasteiger partial charge is 0.201 e. The summed E-state index contributed by atoms with van der Waals surface area (Å²) in [6.45, 7) is 4.17. The van der Waals surface area contributed by atoms with Gasteiger partial charge in [-0.1, -0.05) is 18.5 Å². The molecule has 0 amide bonds. The first kappa shape index (κ1) is 12.2. The summed E-state index contributed by atoms with van der Waals surface area (Å²) in [6, 6.07) is 5.96. The number of guanidine groups is 1. The molecule has 1 fully saturated rings. The highest BCUT2D eigenvalue weighted by atomic mass is 35.5. The van der Waals surface area contributed by atoms with E-state index in [1.54, 1.807) is 0 Å². The molecule has 1 aliphatic rings. The molecule has 0 bridgehead atoms. The van der Waals surface area contributed by atoms with E-state index in [4.69, 9.17) is 11.6 Å². The number of benzene rings is 1. The zero-order chi connectivity index (χ0) is 12.4. The summed E-state index contributed by atoms with van der Waals surface area (Å²) >= 11 is 6.10. The lowest BCUT2D eigenvalue weighted by atomic mass is 10.1. The van der Waals surface area contributed by atoms with Crippen molar-refractivity contribution in [3.05, 3.63) is 28.8 Å². The fourth-order valence-electron chi connectivity index (χ4n) is 1.98. The second-order valence-corrected chi connectivity index (χ2v) is 4.79. The van der Waals surface area contributed by atoms with Crippen molar-refractivity contribution in [3.63, 3.8) is 0 Å². The van der Waals surface area contributed by atoms with E-state index < -0.39 is 0 Å². The average molecular weight is 252 g/mol. The Labute approximate surface area is 108 Å². The molecule has 0 aliphatic carbocycles. The van der Waals surface area contributed by atoms with Gasteiger partial charge in [-0.15, -0.1) is 0 Å². The van der Waals surface area contributed by atoms with Crippen LogP contribution in [-0.2, 0) is 6.42 Å². The molecule has 17 heavy (non-hydrogen) atoms. The fraction of sp³-hybridized carbons (Fsp3) is 0.462. The predicted molar refractivity (Wildman–Crippen MR) is 73.2 cm³/mol. The zero-order valence-electron chi connectivity index (χ0n) is 10.6. The van der Waals surface area contributed by atoms with E-state index in [-0.39, 0.29) is 0 Å². The highest BCUT2D eigenvalue weighted by Crippen LogP contribution is 2.23. The molecule has 0 atom stereocenters. The summed E-state index contributed by atoms with van der Waals surface area (Å²) in [5.41, 5.74) is 2.12. The van der Waals surface area contributed by atoms with Crippen LogP contribution in [0.1, 0.15) is 12.5 Å². The van der Waals surface area contributed by atoms with Crippen molar-refractivity contribution in [2.45, 2.75) is 13.3 Å². The molecule has 0 spiro atoms. The Bertz CT molecular complexity index is 430. The van der Waals surface area contributed by atoms with Crippen LogP contribution in [0.15, 0.2) is 23.2 Å². The maximum absolute atomic E-state index is 6.10. The van der Waals surface area contributed by atoms with Gasteiger partial charge in [-0.3, -0.25) is 0 Å². The van der Waals surface area contributed by atoms with E-state index in [1.165, 1.54) is 0 Å². The summed E-state index contributed by atoms with van der Waals surface area (Å²) in [4.78, 5) is 9.01. The Kier molecular flexibility index (Phi) is 3.57. The highest BCUT2D eigenvalue weighted by Gasteiger charge is 2.19. The number of aliphatic imine (C=N–C) groups is 1. The topological polar surface area (TPSA) is 18.8 Å². The lowest BCUT2D eigenvalue weighted by molar-refractivity contribution is 0.553. The van der Waals surface area contributed by atoms with Crippen LogP contribution in [0.2, 0.25) is 5.02 Å². The maximum atomic E-state index is 6.10. The van der Waals surface area contributed by atoms with E-state index in [0.717, 1.165) is 41.7 Å². The molecule has 0 radical (unpaired) electrons. The van der Waals surface area contributed by atoms with E-state index in [2.05, 4.69) is 41.9 Å². The lowest BCUT2D eigenvalue weighted by Crippen LogP contribution is -2.27. The Balaban J connectivity index is 2.32. The number of rotatable bonds is 2. The van der Waals surface area contributed by atoms with Crippen molar-refractivity contribution in [2.24, 2.45) is 4.99 Å². The number of aryl methyl sites for hydroxylation is 1.